The standard InChI is InChI=1S/C19H15F6N3O.C5H3F3N2O2/c1-2-3-11(20)8-28-9-16(22)12-4-14(15(21)5-13(12)18(28)29)17-26-6-10(7-27-17)19(23,24)25;6-5(7,8)3-2(11)1-9-10-4(3)12/h4-7,9,11H,2-3,8H2,1H3;1H,(H2,10,11,12). The van der Waals surface area contributed by atoms with Gasteiger partial charge in [0.1, 0.15) is 17.8 Å². The summed E-state index contributed by atoms with van der Waals surface area (Å²) >= 11 is 0. The fraction of sp³-hybridized carbons (Fsp3) is 0.292. The second kappa shape index (κ2) is 12.0. The Bertz CT molecular complexity index is 1650. The van der Waals surface area contributed by atoms with Crippen LogP contribution in [0.2, 0.25) is 0 Å². The van der Waals surface area contributed by atoms with Crippen LogP contribution in [0.3, 0.4) is 0 Å². The first kappa shape index (κ1) is 31.1. The monoisotopic (exact) mass is 595 g/mol. The molecule has 4 rings (SSSR count). The Morgan fingerprint density at radius 2 is 1.59 bits per heavy atom. The number of halogens is 9. The number of nitrogens with zero attached hydrogens (tertiary/aromatic N) is 4. The van der Waals surface area contributed by atoms with Crippen LogP contribution in [-0.2, 0) is 18.9 Å². The number of nitrogens with one attached hydrogen (secondary N) is 1. The molecule has 0 radical (unpaired) electrons. The zero-order valence-electron chi connectivity index (χ0n) is 20.6. The molecular formula is C24H18F9N5O3. The van der Waals surface area contributed by atoms with Crippen LogP contribution in [-0.4, -0.2) is 36.0 Å². The van der Waals surface area contributed by atoms with Crippen molar-refractivity contribution in [2.75, 3.05) is 0 Å². The van der Waals surface area contributed by atoms with E-state index < -0.39 is 64.0 Å². The molecule has 0 fully saturated rings. The summed E-state index contributed by atoms with van der Waals surface area (Å²) in [5.41, 5.74) is -5.35. The van der Waals surface area contributed by atoms with Gasteiger partial charge in [-0.3, -0.25) is 9.59 Å². The molecule has 8 nitrogen and oxygen atoms in total. The number of benzene rings is 1. The first-order valence-corrected chi connectivity index (χ1v) is 11.4. The zero-order chi connectivity index (χ0) is 30.7. The number of fused-ring (bicyclic) bond motifs is 1. The van der Waals surface area contributed by atoms with Crippen LogP contribution < -0.4 is 11.1 Å². The van der Waals surface area contributed by atoms with E-state index >= 15 is 0 Å². The second-order valence-corrected chi connectivity index (χ2v) is 8.45. The quantitative estimate of drug-likeness (QED) is 0.300. The van der Waals surface area contributed by atoms with Crippen LogP contribution in [0.4, 0.5) is 39.5 Å². The summed E-state index contributed by atoms with van der Waals surface area (Å²) in [4.78, 5) is 29.9. The number of hydrogen-bond acceptors (Lipinski definition) is 6. The van der Waals surface area contributed by atoms with Crippen molar-refractivity contribution in [1.82, 2.24) is 24.7 Å². The summed E-state index contributed by atoms with van der Waals surface area (Å²) in [5.74, 6) is -3.49. The molecule has 17 heteroatoms. The maximum Gasteiger partial charge on any atom is 0.425 e. The second-order valence-electron chi connectivity index (χ2n) is 8.45. The molecule has 0 aliphatic carbocycles. The molecule has 3 aromatic heterocycles. The van der Waals surface area contributed by atoms with Crippen molar-refractivity contribution in [1.29, 1.82) is 0 Å². The Labute approximate surface area is 223 Å². The lowest BCUT2D eigenvalue weighted by Crippen LogP contribution is -2.25. The summed E-state index contributed by atoms with van der Waals surface area (Å²) in [6, 6.07) is 1.70. The summed E-state index contributed by atoms with van der Waals surface area (Å²) < 4.78 is 117. The molecule has 0 saturated heterocycles. The molecule has 0 aliphatic rings. The number of aromatic nitrogens is 5. The van der Waals surface area contributed by atoms with Crippen LogP contribution >= 0.6 is 0 Å². The molecule has 1 atom stereocenters. The summed E-state index contributed by atoms with van der Waals surface area (Å²) in [5, 5.41) is 12.6. The van der Waals surface area contributed by atoms with Gasteiger partial charge in [-0.1, -0.05) is 13.3 Å². The minimum Gasteiger partial charge on any atom is -0.505 e. The maximum absolute atomic E-state index is 14.5. The van der Waals surface area contributed by atoms with Gasteiger partial charge in [0.15, 0.2) is 17.1 Å². The van der Waals surface area contributed by atoms with Gasteiger partial charge in [-0.25, -0.2) is 28.2 Å². The highest BCUT2D eigenvalue weighted by molar-refractivity contribution is 5.86. The fourth-order valence-corrected chi connectivity index (χ4v) is 3.57. The number of H-pyrrole nitrogens is 1. The van der Waals surface area contributed by atoms with Crippen molar-refractivity contribution < 1.29 is 44.6 Å². The van der Waals surface area contributed by atoms with Gasteiger partial charge in [0.25, 0.3) is 11.1 Å². The van der Waals surface area contributed by atoms with E-state index in [0.717, 1.165) is 22.9 Å². The van der Waals surface area contributed by atoms with Gasteiger partial charge in [0.2, 0.25) is 0 Å². The number of hydrogen-bond donors (Lipinski definition) is 2. The van der Waals surface area contributed by atoms with Gasteiger partial charge < -0.3 is 9.67 Å². The third-order valence-electron chi connectivity index (χ3n) is 5.46. The van der Waals surface area contributed by atoms with E-state index in [2.05, 4.69) is 15.1 Å². The lowest BCUT2D eigenvalue weighted by atomic mass is 10.1. The molecule has 3 heterocycles. The Kier molecular flexibility index (Phi) is 9.08. The maximum atomic E-state index is 14.5. The molecule has 0 bridgehead atoms. The third-order valence-corrected chi connectivity index (χ3v) is 5.46. The number of rotatable bonds is 5. The molecular weight excluding hydrogens is 577 g/mol. The third kappa shape index (κ3) is 7.20. The van der Waals surface area contributed by atoms with Crippen LogP contribution in [0.15, 0.2) is 46.5 Å². The average molecular weight is 595 g/mol. The van der Waals surface area contributed by atoms with Gasteiger partial charge in [-0.15, -0.1) is 0 Å². The van der Waals surface area contributed by atoms with Gasteiger partial charge in [0.05, 0.1) is 29.3 Å². The van der Waals surface area contributed by atoms with Crippen molar-refractivity contribution >= 4 is 10.8 Å². The van der Waals surface area contributed by atoms with Crippen molar-refractivity contribution in [2.45, 2.75) is 44.8 Å². The molecule has 0 spiro atoms. The van der Waals surface area contributed by atoms with E-state index in [0.29, 0.717) is 25.0 Å². The minimum absolute atomic E-state index is 0.185. The predicted molar refractivity (Wildman–Crippen MR) is 125 cm³/mol. The normalized spacial score (nSPS) is 12.6. The predicted octanol–water partition coefficient (Wildman–Crippen LogP) is 5.39. The van der Waals surface area contributed by atoms with E-state index in [-0.39, 0.29) is 29.3 Å². The van der Waals surface area contributed by atoms with Gasteiger partial charge in [-0.2, -0.15) is 31.4 Å². The lowest BCUT2D eigenvalue weighted by Gasteiger charge is -2.12. The summed E-state index contributed by atoms with van der Waals surface area (Å²) in [6.45, 7) is 1.39. The average Bonchev–Trinajstić information content (AvgIpc) is 2.86. The van der Waals surface area contributed by atoms with E-state index in [9.17, 15) is 49.1 Å². The fourth-order valence-electron chi connectivity index (χ4n) is 3.57. The first-order valence-electron chi connectivity index (χ1n) is 11.4. The Morgan fingerprint density at radius 3 is 2.10 bits per heavy atom. The number of aromatic amines is 1. The summed E-state index contributed by atoms with van der Waals surface area (Å²) in [7, 11) is 0. The SMILES string of the molecule is CCCC(F)Cn1cc(F)c2cc(-c3ncc(C(F)(F)F)cn3)c(F)cc2c1=O.O=c1[nH]ncc(O)c1C(F)(F)F. The molecule has 4 aromatic rings. The van der Waals surface area contributed by atoms with E-state index in [1.165, 1.54) is 0 Å². The Hall–Kier alpha value is -4.44. The molecule has 1 aromatic carbocycles. The van der Waals surface area contributed by atoms with E-state index in [1.54, 1.807) is 12.0 Å². The molecule has 0 aliphatic heterocycles. The molecule has 2 N–H and O–H groups in total. The minimum atomic E-state index is -4.86. The molecule has 1 unspecified atom stereocenters. The largest absolute Gasteiger partial charge is 0.505 e. The van der Waals surface area contributed by atoms with Crippen LogP contribution in [0.5, 0.6) is 5.75 Å². The van der Waals surface area contributed by atoms with Crippen LogP contribution in [0.1, 0.15) is 30.9 Å². The molecule has 220 valence electrons. The van der Waals surface area contributed by atoms with Gasteiger partial charge >= 0.3 is 12.4 Å². The topological polar surface area (TPSA) is 114 Å². The lowest BCUT2D eigenvalue weighted by molar-refractivity contribution is -0.140. The van der Waals surface area contributed by atoms with Gasteiger partial charge in [-0.05, 0) is 18.6 Å². The zero-order valence-corrected chi connectivity index (χ0v) is 20.6. The van der Waals surface area contributed by atoms with Crippen molar-refractivity contribution in [3.05, 3.63) is 80.4 Å². The highest BCUT2D eigenvalue weighted by Gasteiger charge is 2.37. The molecule has 0 saturated carbocycles. The van der Waals surface area contributed by atoms with Crippen molar-refractivity contribution in [3.8, 4) is 17.1 Å². The van der Waals surface area contributed by atoms with Gasteiger partial charge in [0, 0.05) is 24.0 Å². The smallest absolute Gasteiger partial charge is 0.425 e. The number of aromatic hydroxyl groups is 1. The first-order chi connectivity index (χ1) is 19.0. The Morgan fingerprint density at radius 1 is 0.951 bits per heavy atom. The highest BCUT2D eigenvalue weighted by Crippen LogP contribution is 2.32. The Balaban J connectivity index is 0.000000322. The van der Waals surface area contributed by atoms with Crippen LogP contribution in [0, 0.1) is 11.6 Å². The number of alkyl halides is 7. The number of pyridine rings is 1. The van der Waals surface area contributed by atoms with E-state index in [1.807, 2.05) is 0 Å². The molecule has 0 amide bonds. The van der Waals surface area contributed by atoms with Crippen molar-refractivity contribution in [3.63, 3.8) is 0 Å². The van der Waals surface area contributed by atoms with Crippen molar-refractivity contribution in [2.24, 2.45) is 0 Å². The summed E-state index contributed by atoms with van der Waals surface area (Å²) in [6.07, 6.45) is -7.86. The highest BCUT2D eigenvalue weighted by atomic mass is 19.4. The molecule has 41 heavy (non-hydrogen) atoms. The van der Waals surface area contributed by atoms with E-state index in [4.69, 9.17) is 5.11 Å². The van der Waals surface area contributed by atoms with Crippen LogP contribution in [0.25, 0.3) is 22.2 Å².